The average Bonchev–Trinajstić information content (AvgIpc) is 3.68. The maximum atomic E-state index is 14.5. The lowest BCUT2D eigenvalue weighted by molar-refractivity contribution is -0.139. The van der Waals surface area contributed by atoms with Gasteiger partial charge in [0.15, 0.2) is 0 Å². The van der Waals surface area contributed by atoms with Crippen molar-refractivity contribution in [1.82, 2.24) is 25.3 Å². The molecule has 1 aliphatic heterocycles. The molecule has 5 rings (SSSR count). The summed E-state index contributed by atoms with van der Waals surface area (Å²) >= 11 is 1.39. The number of amides is 1. The largest absolute Gasteiger partial charge is 0.406 e. The molecule has 1 aromatic carbocycles. The van der Waals surface area contributed by atoms with Crippen LogP contribution < -0.4 is 16.0 Å². The number of benzene rings is 1. The van der Waals surface area contributed by atoms with E-state index >= 15 is 0 Å². The first-order valence-corrected chi connectivity index (χ1v) is 13.9. The lowest BCUT2D eigenvalue weighted by atomic mass is 10.0. The second-order valence-corrected chi connectivity index (χ2v) is 11.2. The highest BCUT2D eigenvalue weighted by atomic mass is 32.1. The number of nitrogens with zero attached hydrogens (tertiary/aromatic N) is 3. The molecule has 1 fully saturated rings. The van der Waals surface area contributed by atoms with Gasteiger partial charge in [0.05, 0.1) is 35.0 Å². The highest BCUT2D eigenvalue weighted by molar-refractivity contribution is 7.10. The van der Waals surface area contributed by atoms with Gasteiger partial charge < -0.3 is 29.8 Å². The van der Waals surface area contributed by atoms with E-state index in [1.807, 2.05) is 13.8 Å². The Labute approximate surface area is 237 Å². The summed E-state index contributed by atoms with van der Waals surface area (Å²) in [4.78, 5) is 17.8. The van der Waals surface area contributed by atoms with Gasteiger partial charge in [-0.2, -0.15) is 18.2 Å². The Morgan fingerprint density at radius 3 is 2.83 bits per heavy atom. The van der Waals surface area contributed by atoms with E-state index in [4.69, 9.17) is 9.26 Å². The zero-order valence-corrected chi connectivity index (χ0v) is 23.5. The normalized spacial score (nSPS) is 18.1. The molecule has 1 amide bonds. The summed E-state index contributed by atoms with van der Waals surface area (Å²) < 4.78 is 67.1. The Morgan fingerprint density at radius 1 is 1.29 bits per heavy atom. The second-order valence-electron chi connectivity index (χ2n) is 10.3. The van der Waals surface area contributed by atoms with Crippen molar-refractivity contribution in [3.63, 3.8) is 0 Å². The van der Waals surface area contributed by atoms with Crippen molar-refractivity contribution in [1.29, 1.82) is 0 Å². The summed E-state index contributed by atoms with van der Waals surface area (Å²) in [6.45, 7) is 3.22. The molecule has 3 N–H and O–H groups in total. The number of carbonyl (C=O) groups excluding carboxylic acids is 1. The molecule has 0 unspecified atom stereocenters. The molecule has 1 aliphatic rings. The van der Waals surface area contributed by atoms with E-state index in [-0.39, 0.29) is 36.4 Å². The lowest BCUT2D eigenvalue weighted by Gasteiger charge is -2.28. The van der Waals surface area contributed by atoms with Crippen LogP contribution in [0.25, 0.3) is 22.4 Å². The van der Waals surface area contributed by atoms with Crippen LogP contribution in [0.5, 0.6) is 0 Å². The Balaban J connectivity index is 1.39. The third kappa shape index (κ3) is 6.39. The number of nitrogens with one attached hydrogen (secondary N) is 3. The van der Waals surface area contributed by atoms with E-state index in [0.717, 1.165) is 9.44 Å². The number of thiophene rings is 1. The molecule has 0 bridgehead atoms. The van der Waals surface area contributed by atoms with E-state index in [0.29, 0.717) is 35.1 Å². The standard InChI is InChI=1S/C27H30F4N6O3S/c1-26(2,39-3)22-9-15(13-41-22)25(38)33-12-23-35-24(36-40-23)21-10-16-18(34-19-7-8-32-11-17(19)28)5-4-6-20(16)37(21)14-27(29,30)31/h4-6,9-10,13,17,19,32,34H,7-8,11-12,14H2,1-3H3,(H,33,38)/t17-,19+/m0/s1. The first kappa shape index (κ1) is 29.0. The van der Waals surface area contributed by atoms with Crippen molar-refractivity contribution >= 4 is 33.8 Å². The predicted octanol–water partition coefficient (Wildman–Crippen LogP) is 5.24. The lowest BCUT2D eigenvalue weighted by Crippen LogP contribution is -2.45. The van der Waals surface area contributed by atoms with Gasteiger partial charge in [0.1, 0.15) is 12.7 Å². The maximum Gasteiger partial charge on any atom is 0.406 e. The Hall–Kier alpha value is -3.49. The van der Waals surface area contributed by atoms with Gasteiger partial charge in [-0.15, -0.1) is 11.3 Å². The predicted molar refractivity (Wildman–Crippen MR) is 147 cm³/mol. The number of ether oxygens (including phenoxy) is 1. The molecular formula is C27H30F4N6O3S. The molecule has 2 atom stereocenters. The van der Waals surface area contributed by atoms with Crippen molar-refractivity contribution in [3.8, 4) is 11.5 Å². The van der Waals surface area contributed by atoms with Crippen molar-refractivity contribution in [2.24, 2.45) is 0 Å². The van der Waals surface area contributed by atoms with Crippen molar-refractivity contribution < 1.29 is 31.6 Å². The average molecular weight is 595 g/mol. The zero-order valence-electron chi connectivity index (χ0n) is 22.6. The van der Waals surface area contributed by atoms with Gasteiger partial charge >= 0.3 is 6.18 Å². The van der Waals surface area contributed by atoms with Crippen molar-refractivity contribution in [2.45, 2.75) is 57.3 Å². The number of anilines is 1. The van der Waals surface area contributed by atoms with Crippen molar-refractivity contribution in [2.75, 3.05) is 25.5 Å². The minimum Gasteiger partial charge on any atom is -0.379 e. The summed E-state index contributed by atoms with van der Waals surface area (Å²) in [7, 11) is 1.59. The molecule has 3 aromatic heterocycles. The fourth-order valence-electron chi connectivity index (χ4n) is 4.69. The molecule has 4 heterocycles. The van der Waals surface area contributed by atoms with E-state index in [1.54, 1.807) is 36.8 Å². The summed E-state index contributed by atoms with van der Waals surface area (Å²) in [6, 6.07) is 7.69. The summed E-state index contributed by atoms with van der Waals surface area (Å²) in [5.74, 6) is -0.408. The number of alkyl halides is 4. The van der Waals surface area contributed by atoms with Crippen LogP contribution in [0.1, 0.15) is 41.4 Å². The van der Waals surface area contributed by atoms with Crippen LogP contribution in [0.3, 0.4) is 0 Å². The molecule has 0 aliphatic carbocycles. The van der Waals surface area contributed by atoms with Gasteiger partial charge in [0.2, 0.25) is 11.7 Å². The van der Waals surface area contributed by atoms with E-state index in [9.17, 15) is 22.4 Å². The molecule has 4 aromatic rings. The van der Waals surface area contributed by atoms with Crippen LogP contribution in [-0.2, 0) is 23.4 Å². The Morgan fingerprint density at radius 2 is 2.10 bits per heavy atom. The van der Waals surface area contributed by atoms with Gasteiger partial charge in [-0.3, -0.25) is 4.79 Å². The minimum absolute atomic E-state index is 0.0261. The van der Waals surface area contributed by atoms with Gasteiger partial charge in [0.25, 0.3) is 5.91 Å². The first-order valence-electron chi connectivity index (χ1n) is 13.0. The molecule has 0 spiro atoms. The zero-order chi connectivity index (χ0) is 29.4. The molecular weight excluding hydrogens is 564 g/mol. The number of hydrogen-bond donors (Lipinski definition) is 3. The number of rotatable bonds is 9. The summed E-state index contributed by atoms with van der Waals surface area (Å²) in [6.07, 6.45) is -5.14. The van der Waals surface area contributed by atoms with Crippen LogP contribution in [0.2, 0.25) is 0 Å². The number of fused-ring (bicyclic) bond motifs is 1. The molecule has 41 heavy (non-hydrogen) atoms. The fourth-order valence-corrected chi connectivity index (χ4v) is 5.68. The van der Waals surface area contributed by atoms with E-state index in [2.05, 4.69) is 26.1 Å². The number of methoxy groups -OCH3 is 1. The smallest absolute Gasteiger partial charge is 0.379 e. The van der Waals surface area contributed by atoms with Crippen LogP contribution in [0, 0.1) is 0 Å². The maximum absolute atomic E-state index is 14.5. The fraction of sp³-hybridized carbons (Fsp3) is 0.444. The van der Waals surface area contributed by atoms with Gasteiger partial charge in [-0.05, 0) is 51.1 Å². The van der Waals surface area contributed by atoms with Crippen LogP contribution in [0.15, 0.2) is 40.2 Å². The summed E-state index contributed by atoms with van der Waals surface area (Å²) in [5, 5.41) is 14.9. The summed E-state index contributed by atoms with van der Waals surface area (Å²) in [5.41, 5.74) is 0.778. The number of hydrogen-bond acceptors (Lipinski definition) is 8. The monoisotopic (exact) mass is 594 g/mol. The highest BCUT2D eigenvalue weighted by Crippen LogP contribution is 2.35. The van der Waals surface area contributed by atoms with Crippen LogP contribution >= 0.6 is 11.3 Å². The number of carbonyl (C=O) groups is 1. The molecule has 9 nitrogen and oxygen atoms in total. The Bertz CT molecular complexity index is 1530. The number of piperidine rings is 1. The topological polar surface area (TPSA) is 106 Å². The van der Waals surface area contributed by atoms with Gasteiger partial charge in [0, 0.05) is 35.0 Å². The molecule has 0 radical (unpaired) electrons. The van der Waals surface area contributed by atoms with Gasteiger partial charge in [-0.25, -0.2) is 4.39 Å². The molecule has 1 saturated heterocycles. The molecule has 220 valence electrons. The van der Waals surface area contributed by atoms with Crippen LogP contribution in [-0.4, -0.2) is 59.2 Å². The quantitative estimate of drug-likeness (QED) is 0.228. The Kier molecular flexibility index (Phi) is 8.08. The van der Waals surface area contributed by atoms with E-state index < -0.39 is 30.5 Å². The minimum atomic E-state index is -4.53. The third-order valence-corrected chi connectivity index (χ3v) is 8.33. The second kappa shape index (κ2) is 11.4. The SMILES string of the molecule is COC(C)(C)c1cc(C(=O)NCc2nc(-c3cc4c(N[C@@H]5CCNC[C@@H]5F)cccc4n3CC(F)(F)F)no2)cs1. The first-order chi connectivity index (χ1) is 19.4. The van der Waals surface area contributed by atoms with Crippen LogP contribution in [0.4, 0.5) is 23.2 Å². The highest BCUT2D eigenvalue weighted by Gasteiger charge is 2.32. The van der Waals surface area contributed by atoms with E-state index in [1.165, 1.54) is 17.4 Å². The van der Waals surface area contributed by atoms with Crippen molar-refractivity contribution in [3.05, 3.63) is 52.0 Å². The van der Waals surface area contributed by atoms with Gasteiger partial charge in [-0.1, -0.05) is 11.2 Å². The number of aromatic nitrogens is 3. The number of halogens is 4. The third-order valence-electron chi connectivity index (χ3n) is 7.09. The molecule has 14 heteroatoms. The molecule has 0 saturated carbocycles.